The van der Waals surface area contributed by atoms with Crippen LogP contribution in [0.25, 0.3) is 22.0 Å². The monoisotopic (exact) mass is 404 g/mol. The molecule has 3 heterocycles. The van der Waals surface area contributed by atoms with E-state index < -0.39 is 0 Å². The van der Waals surface area contributed by atoms with Gasteiger partial charge in [0.05, 0.1) is 29.8 Å². The molecule has 0 amide bonds. The zero-order valence-electron chi connectivity index (χ0n) is 17.7. The summed E-state index contributed by atoms with van der Waals surface area (Å²) < 4.78 is 2.15. The maximum absolute atomic E-state index is 4.36. The number of rotatable bonds is 5. The van der Waals surface area contributed by atoms with E-state index in [0.29, 0.717) is 0 Å². The van der Waals surface area contributed by atoms with Crippen LogP contribution in [0.2, 0.25) is 0 Å². The van der Waals surface area contributed by atoms with Crippen LogP contribution in [0.4, 0.5) is 11.4 Å². The van der Waals surface area contributed by atoms with E-state index >= 15 is 0 Å². The molecule has 0 N–H and O–H groups in total. The Kier molecular flexibility index (Phi) is 4.97. The first-order valence-corrected chi connectivity index (χ1v) is 10.5. The number of aromatic nitrogens is 3. The van der Waals surface area contributed by atoms with Crippen LogP contribution in [-0.2, 0) is 7.05 Å². The fourth-order valence-corrected chi connectivity index (χ4v) is 4.30. The molecule has 2 aromatic carbocycles. The molecule has 0 bridgehead atoms. The Morgan fingerprint density at radius 1 is 0.806 bits per heavy atom. The minimum atomic E-state index is 0.0797. The number of nitrogens with zero attached hydrogens (tertiary/aromatic N) is 4. The van der Waals surface area contributed by atoms with E-state index in [4.69, 9.17) is 0 Å². The van der Waals surface area contributed by atoms with Crippen molar-refractivity contribution in [1.82, 2.24) is 14.5 Å². The number of hydrogen-bond acceptors (Lipinski definition) is 3. The second-order valence-corrected chi connectivity index (χ2v) is 7.76. The van der Waals surface area contributed by atoms with Crippen molar-refractivity contribution in [3.63, 3.8) is 0 Å². The number of anilines is 2. The van der Waals surface area contributed by atoms with Crippen molar-refractivity contribution in [1.29, 1.82) is 0 Å². The summed E-state index contributed by atoms with van der Waals surface area (Å²) in [5.41, 5.74) is 7.02. The molecule has 4 heteroatoms. The van der Waals surface area contributed by atoms with Crippen LogP contribution in [0.5, 0.6) is 0 Å². The van der Waals surface area contributed by atoms with Crippen LogP contribution in [-0.4, -0.2) is 14.5 Å². The number of pyridine rings is 2. The molecule has 0 saturated carbocycles. The summed E-state index contributed by atoms with van der Waals surface area (Å²) in [6, 6.07) is 25.7. The molecular formula is C27H24N4. The fraction of sp³-hybridized carbons (Fsp3) is 0.111. The molecule has 0 saturated heterocycles. The Hall–Kier alpha value is -3.92. The van der Waals surface area contributed by atoms with E-state index in [1.807, 2.05) is 24.5 Å². The molecule has 0 spiro atoms. The van der Waals surface area contributed by atoms with Crippen LogP contribution < -0.4 is 4.90 Å². The van der Waals surface area contributed by atoms with Gasteiger partial charge >= 0.3 is 0 Å². The molecule has 0 aliphatic carbocycles. The van der Waals surface area contributed by atoms with Crippen molar-refractivity contribution in [3.05, 3.63) is 109 Å². The molecule has 4 nitrogen and oxygen atoms in total. The lowest BCUT2D eigenvalue weighted by atomic mass is 9.93. The topological polar surface area (TPSA) is 34.0 Å². The van der Waals surface area contributed by atoms with Crippen molar-refractivity contribution in [2.45, 2.75) is 13.0 Å². The Morgan fingerprint density at radius 2 is 1.52 bits per heavy atom. The summed E-state index contributed by atoms with van der Waals surface area (Å²) in [6.07, 6.45) is 9.52. The minimum absolute atomic E-state index is 0.0797. The van der Waals surface area contributed by atoms with E-state index in [9.17, 15) is 0 Å². The standard InChI is InChI=1S/C27H24N4/c1-20(31(23-7-5-14-28-18-23)24-8-6-15-29-19-24)25-9-3-4-10-26(25)21-11-12-27-22(17-21)13-16-30(27)2/h3-20H,1-2H3. The fourth-order valence-electron chi connectivity index (χ4n) is 4.30. The second kappa shape index (κ2) is 8.07. The van der Waals surface area contributed by atoms with Crippen molar-refractivity contribution in [2.24, 2.45) is 7.05 Å². The normalized spacial score (nSPS) is 12.1. The van der Waals surface area contributed by atoms with E-state index in [2.05, 4.69) is 100 Å². The van der Waals surface area contributed by atoms with Gasteiger partial charge in [-0.2, -0.15) is 0 Å². The molecular weight excluding hydrogens is 380 g/mol. The van der Waals surface area contributed by atoms with Crippen LogP contribution in [0.15, 0.2) is 104 Å². The van der Waals surface area contributed by atoms with E-state index in [1.54, 1.807) is 12.4 Å². The Labute approximate surface area is 182 Å². The molecule has 3 aromatic heterocycles. The number of fused-ring (bicyclic) bond motifs is 1. The molecule has 0 aliphatic rings. The van der Waals surface area contributed by atoms with Gasteiger partial charge in [-0.05, 0) is 66.1 Å². The van der Waals surface area contributed by atoms with E-state index in [1.165, 1.54) is 27.6 Å². The zero-order valence-corrected chi connectivity index (χ0v) is 17.7. The minimum Gasteiger partial charge on any atom is -0.351 e. The molecule has 5 aromatic rings. The molecule has 0 radical (unpaired) electrons. The van der Waals surface area contributed by atoms with Crippen molar-refractivity contribution >= 4 is 22.3 Å². The van der Waals surface area contributed by atoms with E-state index in [-0.39, 0.29) is 6.04 Å². The van der Waals surface area contributed by atoms with Gasteiger partial charge in [0.15, 0.2) is 0 Å². The predicted octanol–water partition coefficient (Wildman–Crippen LogP) is 6.53. The quantitative estimate of drug-likeness (QED) is 0.334. The first kappa shape index (κ1) is 19.1. The van der Waals surface area contributed by atoms with Gasteiger partial charge in [-0.15, -0.1) is 0 Å². The van der Waals surface area contributed by atoms with Gasteiger partial charge in [0.1, 0.15) is 0 Å². The van der Waals surface area contributed by atoms with Crippen molar-refractivity contribution < 1.29 is 0 Å². The third-order valence-corrected chi connectivity index (χ3v) is 5.84. The average molecular weight is 405 g/mol. The third kappa shape index (κ3) is 3.57. The molecule has 31 heavy (non-hydrogen) atoms. The number of aryl methyl sites for hydroxylation is 1. The highest BCUT2D eigenvalue weighted by atomic mass is 15.2. The summed E-state index contributed by atoms with van der Waals surface area (Å²) in [5, 5.41) is 1.25. The van der Waals surface area contributed by atoms with Crippen LogP contribution in [0, 0.1) is 0 Å². The van der Waals surface area contributed by atoms with Crippen LogP contribution in [0.1, 0.15) is 18.5 Å². The molecule has 1 atom stereocenters. The average Bonchev–Trinajstić information content (AvgIpc) is 3.20. The molecule has 5 rings (SSSR count). The molecule has 0 fully saturated rings. The molecule has 152 valence electrons. The largest absolute Gasteiger partial charge is 0.351 e. The van der Waals surface area contributed by atoms with Gasteiger partial charge in [0.2, 0.25) is 0 Å². The van der Waals surface area contributed by atoms with Gasteiger partial charge in [0, 0.05) is 36.5 Å². The summed E-state index contributed by atoms with van der Waals surface area (Å²) in [4.78, 5) is 11.0. The van der Waals surface area contributed by atoms with Gasteiger partial charge in [-0.3, -0.25) is 9.97 Å². The van der Waals surface area contributed by atoms with Crippen LogP contribution in [0.3, 0.4) is 0 Å². The highest BCUT2D eigenvalue weighted by Crippen LogP contribution is 2.38. The maximum Gasteiger partial charge on any atom is 0.0603 e. The summed E-state index contributed by atoms with van der Waals surface area (Å²) in [7, 11) is 2.08. The lowest BCUT2D eigenvalue weighted by Crippen LogP contribution is -2.22. The van der Waals surface area contributed by atoms with Crippen LogP contribution >= 0.6 is 0 Å². The molecule has 1 unspecified atom stereocenters. The first-order valence-electron chi connectivity index (χ1n) is 10.5. The predicted molar refractivity (Wildman–Crippen MR) is 127 cm³/mol. The van der Waals surface area contributed by atoms with Crippen molar-refractivity contribution in [2.75, 3.05) is 4.90 Å². The highest BCUT2D eigenvalue weighted by molar-refractivity contribution is 5.86. The van der Waals surface area contributed by atoms with E-state index in [0.717, 1.165) is 11.4 Å². The third-order valence-electron chi connectivity index (χ3n) is 5.84. The smallest absolute Gasteiger partial charge is 0.0603 e. The number of hydrogen-bond donors (Lipinski definition) is 0. The first-order chi connectivity index (χ1) is 15.2. The van der Waals surface area contributed by atoms with Gasteiger partial charge in [-0.25, -0.2) is 0 Å². The maximum atomic E-state index is 4.36. The lowest BCUT2D eigenvalue weighted by Gasteiger charge is -2.32. The van der Waals surface area contributed by atoms with Gasteiger partial charge in [-0.1, -0.05) is 30.3 Å². The summed E-state index contributed by atoms with van der Waals surface area (Å²) >= 11 is 0. The Balaban J connectivity index is 1.63. The molecule has 0 aliphatic heterocycles. The zero-order chi connectivity index (χ0) is 21.2. The summed E-state index contributed by atoms with van der Waals surface area (Å²) in [6.45, 7) is 2.24. The summed E-state index contributed by atoms with van der Waals surface area (Å²) in [5.74, 6) is 0. The second-order valence-electron chi connectivity index (χ2n) is 7.76. The lowest BCUT2D eigenvalue weighted by molar-refractivity contribution is 0.772. The Morgan fingerprint density at radius 3 is 2.19 bits per heavy atom. The van der Waals surface area contributed by atoms with Gasteiger partial charge < -0.3 is 9.47 Å². The van der Waals surface area contributed by atoms with Gasteiger partial charge in [0.25, 0.3) is 0 Å². The Bertz CT molecular complexity index is 1270. The SMILES string of the molecule is CC(c1ccccc1-c1ccc2c(ccn2C)c1)N(c1cccnc1)c1cccnc1. The highest BCUT2D eigenvalue weighted by Gasteiger charge is 2.21. The van der Waals surface area contributed by atoms with Crippen molar-refractivity contribution in [3.8, 4) is 11.1 Å². The number of benzene rings is 2.